The first-order valence-corrected chi connectivity index (χ1v) is 9.47. The van der Waals surface area contributed by atoms with Crippen molar-refractivity contribution >= 4 is 23.6 Å². The summed E-state index contributed by atoms with van der Waals surface area (Å²) < 4.78 is 5.82. The number of amides is 2. The molecule has 2 amide bonds. The van der Waals surface area contributed by atoms with Gasteiger partial charge in [0.2, 0.25) is 0 Å². The molecule has 26 heavy (non-hydrogen) atoms. The lowest BCUT2D eigenvalue weighted by Gasteiger charge is -2.33. The molecule has 2 N–H and O–H groups in total. The monoisotopic (exact) mass is 376 g/mol. The van der Waals surface area contributed by atoms with Gasteiger partial charge in [-0.2, -0.15) is 0 Å². The maximum Gasteiger partial charge on any atom is 0.338 e. The molecule has 1 aliphatic carbocycles. The predicted octanol–water partition coefficient (Wildman–Crippen LogP) is 4.34. The van der Waals surface area contributed by atoms with Gasteiger partial charge in [0, 0.05) is 10.7 Å². The minimum Gasteiger partial charge on any atom is -0.459 e. The van der Waals surface area contributed by atoms with Gasteiger partial charge in [-0.1, -0.05) is 37.6 Å². The van der Waals surface area contributed by atoms with Gasteiger partial charge < -0.3 is 15.4 Å². The van der Waals surface area contributed by atoms with Crippen LogP contribution in [-0.4, -0.2) is 18.1 Å². The second kappa shape index (κ2) is 7.70. The lowest BCUT2D eigenvalue weighted by atomic mass is 9.80. The summed E-state index contributed by atoms with van der Waals surface area (Å²) in [4.78, 5) is 24.9. The second-order valence-electron chi connectivity index (χ2n) is 7.42. The molecule has 1 saturated carbocycles. The van der Waals surface area contributed by atoms with Crippen LogP contribution in [-0.2, 0) is 9.53 Å². The van der Waals surface area contributed by atoms with E-state index in [2.05, 4.69) is 24.5 Å². The summed E-state index contributed by atoms with van der Waals surface area (Å²) in [7, 11) is 0. The molecule has 0 saturated heterocycles. The van der Waals surface area contributed by atoms with Crippen molar-refractivity contribution in [3.05, 3.63) is 46.1 Å². The van der Waals surface area contributed by atoms with Crippen LogP contribution >= 0.6 is 11.6 Å². The van der Waals surface area contributed by atoms with E-state index < -0.39 is 6.04 Å². The highest BCUT2D eigenvalue weighted by atomic mass is 35.5. The molecule has 0 unspecified atom stereocenters. The molecule has 1 heterocycles. The lowest BCUT2D eigenvalue weighted by Crippen LogP contribution is -2.45. The molecule has 3 rings (SSSR count). The molecule has 1 aromatic rings. The molecule has 0 radical (unpaired) electrons. The highest BCUT2D eigenvalue weighted by Crippen LogP contribution is 2.33. The van der Waals surface area contributed by atoms with Gasteiger partial charge in [-0.05, 0) is 55.7 Å². The average Bonchev–Trinajstić information content (AvgIpc) is 2.58. The van der Waals surface area contributed by atoms with Crippen molar-refractivity contribution in [1.29, 1.82) is 0 Å². The van der Waals surface area contributed by atoms with Gasteiger partial charge >= 0.3 is 12.0 Å². The van der Waals surface area contributed by atoms with E-state index in [1.807, 2.05) is 12.1 Å². The van der Waals surface area contributed by atoms with Crippen LogP contribution in [0.1, 0.15) is 51.6 Å². The maximum atomic E-state index is 12.9. The molecule has 5 nitrogen and oxygen atoms in total. The Morgan fingerprint density at radius 2 is 1.85 bits per heavy atom. The largest absolute Gasteiger partial charge is 0.459 e. The molecule has 1 aliphatic heterocycles. The van der Waals surface area contributed by atoms with Gasteiger partial charge in [-0.15, -0.1) is 0 Å². The number of carbonyl (C=O) groups excluding carboxylic acids is 2. The molecule has 4 atom stereocenters. The SMILES string of the molecule is CC1=C(C(=O)O[C@@H]2CC[C@H](C)[C@@H](C)C2)[C@H](c2ccc(Cl)cc2)NC(=O)N1. The van der Waals surface area contributed by atoms with E-state index in [0.29, 0.717) is 28.1 Å². The zero-order valence-corrected chi connectivity index (χ0v) is 16.1. The zero-order valence-electron chi connectivity index (χ0n) is 15.3. The quantitative estimate of drug-likeness (QED) is 0.771. The highest BCUT2D eigenvalue weighted by molar-refractivity contribution is 6.30. The maximum absolute atomic E-state index is 12.9. The van der Waals surface area contributed by atoms with Crippen LogP contribution in [0.15, 0.2) is 35.5 Å². The Balaban J connectivity index is 1.82. The molecular weight excluding hydrogens is 352 g/mol. The topological polar surface area (TPSA) is 67.4 Å². The van der Waals surface area contributed by atoms with Crippen molar-refractivity contribution in [2.24, 2.45) is 11.8 Å². The number of hydrogen-bond donors (Lipinski definition) is 2. The number of nitrogens with one attached hydrogen (secondary N) is 2. The number of esters is 1. The van der Waals surface area contributed by atoms with E-state index in [-0.39, 0.29) is 18.1 Å². The van der Waals surface area contributed by atoms with E-state index in [1.54, 1.807) is 19.1 Å². The number of rotatable bonds is 3. The molecule has 6 heteroatoms. The van der Waals surface area contributed by atoms with Gasteiger partial charge in [0.1, 0.15) is 6.10 Å². The molecule has 0 spiro atoms. The molecular formula is C20H25ClN2O3. The van der Waals surface area contributed by atoms with E-state index in [9.17, 15) is 9.59 Å². The number of allylic oxidation sites excluding steroid dienone is 1. The van der Waals surface area contributed by atoms with Crippen LogP contribution in [0.25, 0.3) is 0 Å². The summed E-state index contributed by atoms with van der Waals surface area (Å²) in [6.07, 6.45) is 2.75. The van der Waals surface area contributed by atoms with Gasteiger partial charge in [0.15, 0.2) is 0 Å². The fraction of sp³-hybridized carbons (Fsp3) is 0.500. The first-order chi connectivity index (χ1) is 12.3. The summed E-state index contributed by atoms with van der Waals surface area (Å²) in [5, 5.41) is 6.09. The van der Waals surface area contributed by atoms with E-state index in [1.165, 1.54) is 0 Å². The van der Waals surface area contributed by atoms with Gasteiger partial charge in [-0.25, -0.2) is 9.59 Å². The van der Waals surface area contributed by atoms with Crippen LogP contribution < -0.4 is 10.6 Å². The van der Waals surface area contributed by atoms with Crippen LogP contribution in [0.2, 0.25) is 5.02 Å². The first-order valence-electron chi connectivity index (χ1n) is 9.10. The lowest BCUT2D eigenvalue weighted by molar-refractivity contribution is -0.147. The van der Waals surface area contributed by atoms with Crippen molar-refractivity contribution in [2.45, 2.75) is 52.2 Å². The van der Waals surface area contributed by atoms with Crippen molar-refractivity contribution in [3.63, 3.8) is 0 Å². The number of benzene rings is 1. The Kier molecular flexibility index (Phi) is 5.56. The molecule has 1 aromatic carbocycles. The number of hydrogen-bond acceptors (Lipinski definition) is 3. The second-order valence-corrected chi connectivity index (χ2v) is 7.85. The Bertz CT molecular complexity index is 729. The van der Waals surface area contributed by atoms with Crippen molar-refractivity contribution in [2.75, 3.05) is 0 Å². The Hall–Kier alpha value is -2.01. The highest BCUT2D eigenvalue weighted by Gasteiger charge is 2.34. The number of halogens is 1. The third-order valence-corrected chi connectivity index (χ3v) is 5.77. The summed E-state index contributed by atoms with van der Waals surface area (Å²) >= 11 is 5.96. The molecule has 0 bridgehead atoms. The summed E-state index contributed by atoms with van der Waals surface area (Å²) in [5.74, 6) is 0.818. The first kappa shape index (κ1) is 18.8. The standard InChI is InChI=1S/C20H25ClN2O3/c1-11-4-9-16(10-12(11)2)26-19(24)17-13(3)22-20(25)23-18(17)14-5-7-15(21)8-6-14/h5-8,11-12,16,18H,4,9-10H2,1-3H3,(H2,22,23,25)/t11-,12-,16+,18-/m0/s1. The molecule has 1 fully saturated rings. The smallest absolute Gasteiger partial charge is 0.338 e. The normalized spacial score (nSPS) is 29.0. The van der Waals surface area contributed by atoms with Crippen molar-refractivity contribution < 1.29 is 14.3 Å². The summed E-state index contributed by atoms with van der Waals surface area (Å²) in [5.41, 5.74) is 1.76. The van der Waals surface area contributed by atoms with E-state index in [4.69, 9.17) is 16.3 Å². The number of ether oxygens (including phenoxy) is 1. The number of urea groups is 1. The summed E-state index contributed by atoms with van der Waals surface area (Å²) in [6.45, 7) is 6.17. The van der Waals surface area contributed by atoms with Crippen molar-refractivity contribution in [1.82, 2.24) is 10.6 Å². The Morgan fingerprint density at radius 3 is 2.50 bits per heavy atom. The third kappa shape index (κ3) is 4.04. The molecule has 2 aliphatic rings. The average molecular weight is 377 g/mol. The number of carbonyl (C=O) groups is 2. The van der Waals surface area contributed by atoms with Gasteiger partial charge in [-0.3, -0.25) is 0 Å². The van der Waals surface area contributed by atoms with Crippen LogP contribution in [0.3, 0.4) is 0 Å². The van der Waals surface area contributed by atoms with Crippen LogP contribution in [0.5, 0.6) is 0 Å². The minimum atomic E-state index is -0.548. The fourth-order valence-corrected chi connectivity index (χ4v) is 3.82. The van der Waals surface area contributed by atoms with Crippen LogP contribution in [0.4, 0.5) is 4.79 Å². The van der Waals surface area contributed by atoms with Gasteiger partial charge in [0.25, 0.3) is 0 Å². The third-order valence-electron chi connectivity index (χ3n) is 5.52. The van der Waals surface area contributed by atoms with Crippen molar-refractivity contribution in [3.8, 4) is 0 Å². The fourth-order valence-electron chi connectivity index (χ4n) is 3.69. The summed E-state index contributed by atoms with van der Waals surface area (Å²) in [6, 6.07) is 6.22. The molecule has 0 aromatic heterocycles. The van der Waals surface area contributed by atoms with Gasteiger partial charge in [0.05, 0.1) is 11.6 Å². The molecule has 140 valence electrons. The van der Waals surface area contributed by atoms with E-state index in [0.717, 1.165) is 24.8 Å². The zero-order chi connectivity index (χ0) is 18.8. The minimum absolute atomic E-state index is 0.0718. The Morgan fingerprint density at radius 1 is 1.15 bits per heavy atom. The van der Waals surface area contributed by atoms with Crippen LogP contribution in [0, 0.1) is 11.8 Å². The Labute approximate surface area is 159 Å². The van der Waals surface area contributed by atoms with E-state index >= 15 is 0 Å². The predicted molar refractivity (Wildman–Crippen MR) is 101 cm³/mol.